The predicted molar refractivity (Wildman–Crippen MR) is 71.9 cm³/mol. The van der Waals surface area contributed by atoms with Gasteiger partial charge in [0.1, 0.15) is 0 Å². The topological polar surface area (TPSA) is 69.6 Å². The summed E-state index contributed by atoms with van der Waals surface area (Å²) in [4.78, 5) is 25.0. The summed E-state index contributed by atoms with van der Waals surface area (Å²) in [6, 6.07) is 0.276. The van der Waals surface area contributed by atoms with Crippen LogP contribution >= 0.6 is 0 Å². The summed E-state index contributed by atoms with van der Waals surface area (Å²) in [6.07, 6.45) is 4.55. The zero-order valence-corrected chi connectivity index (χ0v) is 11.8. The van der Waals surface area contributed by atoms with Gasteiger partial charge in [0, 0.05) is 18.6 Å². The van der Waals surface area contributed by atoms with E-state index in [1.165, 1.54) is 12.8 Å². The maximum absolute atomic E-state index is 12.3. The van der Waals surface area contributed by atoms with Crippen molar-refractivity contribution in [1.82, 2.24) is 10.2 Å². The summed E-state index contributed by atoms with van der Waals surface area (Å²) in [7, 11) is 0. The van der Waals surface area contributed by atoms with Crippen LogP contribution < -0.4 is 5.32 Å². The van der Waals surface area contributed by atoms with Crippen molar-refractivity contribution in [2.45, 2.75) is 58.0 Å². The Kier molecular flexibility index (Phi) is 4.32. The summed E-state index contributed by atoms with van der Waals surface area (Å²) in [5, 5.41) is 12.1. The van der Waals surface area contributed by atoms with Crippen LogP contribution in [0, 0.1) is 11.8 Å². The second-order valence-corrected chi connectivity index (χ2v) is 6.07. The molecule has 5 heteroatoms. The lowest BCUT2D eigenvalue weighted by Crippen LogP contribution is -2.52. The molecule has 108 valence electrons. The van der Waals surface area contributed by atoms with Crippen LogP contribution in [0.3, 0.4) is 0 Å². The molecule has 1 heterocycles. The average molecular weight is 268 g/mol. The molecule has 19 heavy (non-hydrogen) atoms. The van der Waals surface area contributed by atoms with E-state index >= 15 is 0 Å². The van der Waals surface area contributed by atoms with E-state index in [0.29, 0.717) is 25.3 Å². The lowest BCUT2D eigenvalue weighted by atomic mass is 9.92. The SMILES string of the molecule is CC1CCCC1NC(=O)N1CCC(C(=O)O)CC1C. The fourth-order valence-corrected chi connectivity index (χ4v) is 3.30. The summed E-state index contributed by atoms with van der Waals surface area (Å²) in [5.41, 5.74) is 0. The number of rotatable bonds is 2. The number of aliphatic carboxylic acids is 1. The molecule has 0 spiro atoms. The van der Waals surface area contributed by atoms with Crippen molar-refractivity contribution in [1.29, 1.82) is 0 Å². The lowest BCUT2D eigenvalue weighted by Gasteiger charge is -2.37. The maximum atomic E-state index is 12.3. The number of amides is 2. The maximum Gasteiger partial charge on any atom is 0.317 e. The first-order valence-corrected chi connectivity index (χ1v) is 7.29. The molecule has 4 atom stereocenters. The number of carbonyl (C=O) groups is 2. The van der Waals surface area contributed by atoms with E-state index in [1.54, 1.807) is 4.90 Å². The van der Waals surface area contributed by atoms with Gasteiger partial charge in [-0.25, -0.2) is 4.79 Å². The molecule has 0 aromatic rings. The molecular weight excluding hydrogens is 244 g/mol. The number of piperidine rings is 1. The molecule has 2 aliphatic rings. The smallest absolute Gasteiger partial charge is 0.317 e. The van der Waals surface area contributed by atoms with Crippen LogP contribution in [-0.2, 0) is 4.79 Å². The van der Waals surface area contributed by atoms with Crippen molar-refractivity contribution < 1.29 is 14.7 Å². The minimum absolute atomic E-state index is 0.00607. The first kappa shape index (κ1) is 14.2. The second kappa shape index (κ2) is 5.80. The van der Waals surface area contributed by atoms with Gasteiger partial charge in [-0.1, -0.05) is 13.3 Å². The minimum atomic E-state index is -0.740. The van der Waals surface area contributed by atoms with Crippen molar-refractivity contribution in [3.8, 4) is 0 Å². The van der Waals surface area contributed by atoms with Gasteiger partial charge in [0.05, 0.1) is 5.92 Å². The lowest BCUT2D eigenvalue weighted by molar-refractivity contribution is -0.143. The molecule has 5 nitrogen and oxygen atoms in total. The second-order valence-electron chi connectivity index (χ2n) is 6.07. The van der Waals surface area contributed by atoms with Crippen LogP contribution in [0.25, 0.3) is 0 Å². The van der Waals surface area contributed by atoms with Crippen LogP contribution in [0.5, 0.6) is 0 Å². The van der Waals surface area contributed by atoms with E-state index in [1.807, 2.05) is 6.92 Å². The minimum Gasteiger partial charge on any atom is -0.481 e. The Morgan fingerprint density at radius 3 is 2.47 bits per heavy atom. The van der Waals surface area contributed by atoms with Gasteiger partial charge in [-0.15, -0.1) is 0 Å². The third kappa shape index (κ3) is 3.19. The molecule has 0 aromatic carbocycles. The van der Waals surface area contributed by atoms with E-state index < -0.39 is 5.97 Å². The van der Waals surface area contributed by atoms with Gasteiger partial charge in [0.2, 0.25) is 0 Å². The molecule has 2 rings (SSSR count). The number of likely N-dealkylation sites (tertiary alicyclic amines) is 1. The van der Waals surface area contributed by atoms with Gasteiger partial charge in [0.25, 0.3) is 0 Å². The summed E-state index contributed by atoms with van der Waals surface area (Å²) >= 11 is 0. The summed E-state index contributed by atoms with van der Waals surface area (Å²) < 4.78 is 0. The molecule has 1 aliphatic carbocycles. The fraction of sp³-hybridized carbons (Fsp3) is 0.857. The Bertz CT molecular complexity index is 359. The van der Waals surface area contributed by atoms with Crippen LogP contribution in [-0.4, -0.2) is 40.6 Å². The average Bonchev–Trinajstić information content (AvgIpc) is 2.74. The molecular formula is C14H24N2O3. The van der Waals surface area contributed by atoms with Gasteiger partial charge in [-0.2, -0.15) is 0 Å². The predicted octanol–water partition coefficient (Wildman–Crippen LogP) is 2.07. The highest BCUT2D eigenvalue weighted by molar-refractivity contribution is 5.76. The third-order valence-electron chi connectivity index (χ3n) is 4.66. The van der Waals surface area contributed by atoms with Crippen LogP contribution in [0.1, 0.15) is 46.0 Å². The Hall–Kier alpha value is -1.26. The number of carbonyl (C=O) groups excluding carboxylic acids is 1. The van der Waals surface area contributed by atoms with Crippen LogP contribution in [0.15, 0.2) is 0 Å². The number of urea groups is 1. The van der Waals surface area contributed by atoms with Gasteiger partial charge < -0.3 is 15.3 Å². The standard InChI is InChI=1S/C14H24N2O3/c1-9-4-3-5-12(9)15-14(19)16-7-6-11(13(17)18)8-10(16)2/h9-12H,3-8H2,1-2H3,(H,15,19)(H,17,18). The monoisotopic (exact) mass is 268 g/mol. The third-order valence-corrected chi connectivity index (χ3v) is 4.66. The summed E-state index contributed by atoms with van der Waals surface area (Å²) in [6.45, 7) is 4.66. The van der Waals surface area contributed by atoms with E-state index in [4.69, 9.17) is 5.11 Å². The number of hydrogen-bond acceptors (Lipinski definition) is 2. The number of hydrogen-bond donors (Lipinski definition) is 2. The van der Waals surface area contributed by atoms with E-state index in [-0.39, 0.29) is 24.0 Å². The van der Waals surface area contributed by atoms with Crippen molar-refractivity contribution in [3.63, 3.8) is 0 Å². The molecule has 0 bridgehead atoms. The van der Waals surface area contributed by atoms with Crippen molar-refractivity contribution in [3.05, 3.63) is 0 Å². The van der Waals surface area contributed by atoms with E-state index in [9.17, 15) is 9.59 Å². The first-order chi connectivity index (χ1) is 8.99. The fourth-order valence-electron chi connectivity index (χ4n) is 3.30. The highest BCUT2D eigenvalue weighted by Gasteiger charge is 2.34. The molecule has 1 saturated heterocycles. The zero-order valence-electron chi connectivity index (χ0n) is 11.8. The van der Waals surface area contributed by atoms with Gasteiger partial charge in [-0.05, 0) is 38.5 Å². The van der Waals surface area contributed by atoms with Gasteiger partial charge >= 0.3 is 12.0 Å². The highest BCUT2D eigenvalue weighted by Crippen LogP contribution is 2.26. The Balaban J connectivity index is 1.88. The van der Waals surface area contributed by atoms with Crippen molar-refractivity contribution in [2.24, 2.45) is 11.8 Å². The zero-order chi connectivity index (χ0) is 14.0. The van der Waals surface area contributed by atoms with E-state index in [0.717, 1.165) is 6.42 Å². The van der Waals surface area contributed by atoms with Crippen LogP contribution in [0.4, 0.5) is 4.79 Å². The van der Waals surface area contributed by atoms with Gasteiger partial charge in [0.15, 0.2) is 0 Å². The Morgan fingerprint density at radius 1 is 1.21 bits per heavy atom. The van der Waals surface area contributed by atoms with Crippen molar-refractivity contribution in [2.75, 3.05) is 6.54 Å². The Labute approximate surface area is 114 Å². The number of carboxylic acid groups (broad SMARTS) is 1. The Morgan fingerprint density at radius 2 is 1.95 bits per heavy atom. The quantitative estimate of drug-likeness (QED) is 0.805. The number of nitrogens with zero attached hydrogens (tertiary/aromatic N) is 1. The normalized spacial score (nSPS) is 35.2. The number of nitrogens with one attached hydrogen (secondary N) is 1. The summed E-state index contributed by atoms with van der Waals surface area (Å²) in [5.74, 6) is -0.489. The molecule has 1 saturated carbocycles. The van der Waals surface area contributed by atoms with E-state index in [2.05, 4.69) is 12.2 Å². The molecule has 2 N–H and O–H groups in total. The molecule has 4 unspecified atom stereocenters. The van der Waals surface area contributed by atoms with Crippen LogP contribution in [0.2, 0.25) is 0 Å². The van der Waals surface area contributed by atoms with Crippen molar-refractivity contribution >= 4 is 12.0 Å². The molecule has 1 aliphatic heterocycles. The molecule has 0 radical (unpaired) electrons. The molecule has 2 amide bonds. The first-order valence-electron chi connectivity index (χ1n) is 7.29. The van der Waals surface area contributed by atoms with Gasteiger partial charge in [-0.3, -0.25) is 4.79 Å². The largest absolute Gasteiger partial charge is 0.481 e. The number of carboxylic acids is 1. The molecule has 0 aromatic heterocycles. The molecule has 2 fully saturated rings. The highest BCUT2D eigenvalue weighted by atomic mass is 16.4.